The first-order chi connectivity index (χ1) is 13.8. The van der Waals surface area contributed by atoms with Crippen LogP contribution in [0, 0.1) is 0 Å². The number of hydrogen-bond acceptors (Lipinski definition) is 5. The molecule has 0 aliphatic carbocycles. The molecule has 152 valence electrons. The zero-order valence-corrected chi connectivity index (χ0v) is 17.3. The Hall–Kier alpha value is -2.48. The number of likely N-dealkylation sites (N-methyl/N-ethyl adjacent to an activating group) is 1. The van der Waals surface area contributed by atoms with E-state index in [4.69, 9.17) is 44.3 Å². The minimum absolute atomic E-state index is 0.0360. The zero-order chi connectivity index (χ0) is 21.1. The molecule has 0 aromatic heterocycles. The quantitative estimate of drug-likeness (QED) is 0.562. The van der Waals surface area contributed by atoms with E-state index in [-0.39, 0.29) is 33.1 Å². The van der Waals surface area contributed by atoms with Gasteiger partial charge in [0.05, 0.1) is 32.9 Å². The van der Waals surface area contributed by atoms with Crippen LogP contribution in [0.25, 0.3) is 0 Å². The minimum atomic E-state index is -0.897. The van der Waals surface area contributed by atoms with Gasteiger partial charge in [-0.05, 0) is 24.3 Å². The van der Waals surface area contributed by atoms with Crippen LogP contribution in [0.5, 0.6) is 5.75 Å². The van der Waals surface area contributed by atoms with Crippen LogP contribution in [0.15, 0.2) is 36.4 Å². The van der Waals surface area contributed by atoms with Crippen LogP contribution in [-0.2, 0) is 14.3 Å². The molecule has 2 aromatic rings. The van der Waals surface area contributed by atoms with Crippen molar-refractivity contribution < 1.29 is 23.9 Å². The lowest BCUT2D eigenvalue weighted by Crippen LogP contribution is -2.51. The Morgan fingerprint density at radius 3 is 2.55 bits per heavy atom. The second-order valence-corrected chi connectivity index (χ2v) is 7.18. The number of hydrogen-bond donors (Lipinski definition) is 1. The molecule has 0 spiro atoms. The lowest BCUT2D eigenvalue weighted by atomic mass is 10.1. The molecule has 1 heterocycles. The molecule has 2 aromatic carbocycles. The number of anilines is 1. The van der Waals surface area contributed by atoms with Crippen molar-refractivity contribution in [2.75, 3.05) is 25.1 Å². The van der Waals surface area contributed by atoms with Gasteiger partial charge in [-0.1, -0.05) is 46.9 Å². The fraction of sp³-hybridized carbons (Fsp3) is 0.211. The predicted molar refractivity (Wildman–Crippen MR) is 109 cm³/mol. The third-order valence-electron chi connectivity index (χ3n) is 4.19. The van der Waals surface area contributed by atoms with Gasteiger partial charge in [0.2, 0.25) is 0 Å². The van der Waals surface area contributed by atoms with Gasteiger partial charge in [-0.2, -0.15) is 0 Å². The standard InChI is InChI=1S/C19H15Cl3N2O5/c1-23-18(26)14-8-24(12-4-2-3-5-13(12)29-14)15(25)9-28-19(27)16-10(20)6-7-11(21)17(16)22/h2-7,14H,8-9H2,1H3,(H,23,26). The largest absolute Gasteiger partial charge is 0.477 e. The number of rotatable bonds is 4. The molecule has 29 heavy (non-hydrogen) atoms. The highest BCUT2D eigenvalue weighted by atomic mass is 35.5. The molecular weight excluding hydrogens is 443 g/mol. The molecule has 0 radical (unpaired) electrons. The highest BCUT2D eigenvalue weighted by molar-refractivity contribution is 6.46. The van der Waals surface area contributed by atoms with Gasteiger partial charge in [0.15, 0.2) is 12.7 Å². The Morgan fingerprint density at radius 2 is 1.83 bits per heavy atom. The normalized spacial score (nSPS) is 15.2. The second-order valence-electron chi connectivity index (χ2n) is 5.99. The number of carbonyl (C=O) groups excluding carboxylic acids is 3. The van der Waals surface area contributed by atoms with E-state index in [1.54, 1.807) is 24.3 Å². The van der Waals surface area contributed by atoms with E-state index in [9.17, 15) is 14.4 Å². The zero-order valence-electron chi connectivity index (χ0n) is 15.1. The van der Waals surface area contributed by atoms with Crippen LogP contribution in [0.3, 0.4) is 0 Å². The van der Waals surface area contributed by atoms with E-state index in [0.717, 1.165) is 0 Å². The summed E-state index contributed by atoms with van der Waals surface area (Å²) in [6, 6.07) is 9.59. The summed E-state index contributed by atoms with van der Waals surface area (Å²) in [5.41, 5.74) is 0.340. The molecule has 1 atom stereocenters. The molecule has 1 N–H and O–H groups in total. The molecule has 1 aliphatic rings. The molecule has 7 nitrogen and oxygen atoms in total. The first-order valence-electron chi connectivity index (χ1n) is 8.41. The molecule has 0 saturated carbocycles. The Kier molecular flexibility index (Phi) is 6.52. The van der Waals surface area contributed by atoms with E-state index in [1.807, 2.05) is 0 Å². The molecule has 1 unspecified atom stereocenters. The average molecular weight is 458 g/mol. The van der Waals surface area contributed by atoms with Crippen LogP contribution in [0.1, 0.15) is 10.4 Å². The van der Waals surface area contributed by atoms with Crippen molar-refractivity contribution in [3.05, 3.63) is 57.0 Å². The van der Waals surface area contributed by atoms with Gasteiger partial charge in [-0.15, -0.1) is 0 Å². The molecule has 0 bridgehead atoms. The number of halogens is 3. The summed E-state index contributed by atoms with van der Waals surface area (Å²) in [6.45, 7) is -0.626. The maximum absolute atomic E-state index is 12.8. The van der Waals surface area contributed by atoms with Gasteiger partial charge in [0, 0.05) is 7.05 Å². The fourth-order valence-corrected chi connectivity index (χ4v) is 3.44. The summed E-state index contributed by atoms with van der Waals surface area (Å²) in [5.74, 6) is -1.45. The number of benzene rings is 2. The van der Waals surface area contributed by atoms with Gasteiger partial charge in [0.1, 0.15) is 5.75 Å². The van der Waals surface area contributed by atoms with Crippen molar-refractivity contribution >= 4 is 58.3 Å². The number of esters is 1. The summed E-state index contributed by atoms with van der Waals surface area (Å²) in [7, 11) is 1.47. The van der Waals surface area contributed by atoms with Crippen molar-refractivity contribution in [2.24, 2.45) is 0 Å². The van der Waals surface area contributed by atoms with Crippen LogP contribution < -0.4 is 15.0 Å². The van der Waals surface area contributed by atoms with Crippen LogP contribution in [0.4, 0.5) is 5.69 Å². The molecule has 1 aliphatic heterocycles. The summed E-state index contributed by atoms with van der Waals surface area (Å²) < 4.78 is 10.7. The van der Waals surface area contributed by atoms with E-state index < -0.39 is 24.6 Å². The Labute approximate surface area is 181 Å². The lowest BCUT2D eigenvalue weighted by molar-refractivity contribution is -0.128. The van der Waals surface area contributed by atoms with Crippen LogP contribution in [0.2, 0.25) is 15.1 Å². The number of nitrogens with zero attached hydrogens (tertiary/aromatic N) is 1. The molecular formula is C19H15Cl3N2O5. The number of fused-ring (bicyclic) bond motifs is 1. The number of para-hydroxylation sites is 2. The Balaban J connectivity index is 1.77. The van der Waals surface area contributed by atoms with Crippen molar-refractivity contribution in [1.82, 2.24) is 5.32 Å². The topological polar surface area (TPSA) is 84.9 Å². The smallest absolute Gasteiger partial charge is 0.341 e. The minimum Gasteiger partial charge on any atom is -0.477 e. The van der Waals surface area contributed by atoms with Gasteiger partial charge < -0.3 is 19.7 Å². The molecule has 10 heteroatoms. The average Bonchev–Trinajstić information content (AvgIpc) is 2.73. The molecule has 2 amide bonds. The van der Waals surface area contributed by atoms with Gasteiger partial charge >= 0.3 is 5.97 Å². The number of ether oxygens (including phenoxy) is 2. The summed E-state index contributed by atoms with van der Waals surface area (Å²) >= 11 is 17.9. The van der Waals surface area contributed by atoms with E-state index in [0.29, 0.717) is 11.4 Å². The SMILES string of the molecule is CNC(=O)C1CN(C(=O)COC(=O)c2c(Cl)ccc(Cl)c2Cl)c2ccccc2O1. The van der Waals surface area contributed by atoms with E-state index in [1.165, 1.54) is 24.1 Å². The molecule has 0 fully saturated rings. The molecule has 3 rings (SSSR count). The first kappa shape index (κ1) is 21.2. The van der Waals surface area contributed by atoms with Gasteiger partial charge in [-0.3, -0.25) is 9.59 Å². The maximum atomic E-state index is 12.8. The van der Waals surface area contributed by atoms with Crippen molar-refractivity contribution in [2.45, 2.75) is 6.10 Å². The number of nitrogens with one attached hydrogen (secondary N) is 1. The second kappa shape index (κ2) is 8.90. The molecule has 0 saturated heterocycles. The predicted octanol–water partition coefficient (Wildman–Crippen LogP) is 3.34. The maximum Gasteiger partial charge on any atom is 0.341 e. The Morgan fingerprint density at radius 1 is 1.14 bits per heavy atom. The number of amides is 2. The number of carbonyl (C=O) groups is 3. The van der Waals surface area contributed by atoms with Gasteiger partial charge in [-0.25, -0.2) is 4.79 Å². The third kappa shape index (κ3) is 4.42. The highest BCUT2D eigenvalue weighted by Gasteiger charge is 2.33. The van der Waals surface area contributed by atoms with E-state index >= 15 is 0 Å². The summed E-state index contributed by atoms with van der Waals surface area (Å²) in [4.78, 5) is 38.5. The van der Waals surface area contributed by atoms with Crippen molar-refractivity contribution in [3.8, 4) is 5.75 Å². The highest BCUT2D eigenvalue weighted by Crippen LogP contribution is 2.34. The summed E-state index contributed by atoms with van der Waals surface area (Å²) in [5, 5.41) is 2.60. The first-order valence-corrected chi connectivity index (χ1v) is 9.55. The summed E-state index contributed by atoms with van der Waals surface area (Å²) in [6.07, 6.45) is -0.897. The van der Waals surface area contributed by atoms with Crippen LogP contribution >= 0.6 is 34.8 Å². The van der Waals surface area contributed by atoms with Crippen molar-refractivity contribution in [3.63, 3.8) is 0 Å². The van der Waals surface area contributed by atoms with Gasteiger partial charge in [0.25, 0.3) is 11.8 Å². The third-order valence-corrected chi connectivity index (χ3v) is 5.31. The fourth-order valence-electron chi connectivity index (χ4n) is 2.76. The Bertz CT molecular complexity index is 982. The van der Waals surface area contributed by atoms with Crippen LogP contribution in [-0.4, -0.2) is 44.1 Å². The monoisotopic (exact) mass is 456 g/mol. The van der Waals surface area contributed by atoms with E-state index in [2.05, 4.69) is 5.32 Å². The van der Waals surface area contributed by atoms with Crippen molar-refractivity contribution in [1.29, 1.82) is 0 Å². The lowest BCUT2D eigenvalue weighted by Gasteiger charge is -2.33.